The van der Waals surface area contributed by atoms with Crippen LogP contribution in [0.2, 0.25) is 0 Å². The Kier molecular flexibility index (Phi) is 7.61. The van der Waals surface area contributed by atoms with Crippen molar-refractivity contribution in [3.8, 4) is 17.0 Å². The summed E-state index contributed by atoms with van der Waals surface area (Å²) in [6, 6.07) is 10.2. The number of carbonyl (C=O) groups excluding carboxylic acids is 1. The number of hydrogen-bond acceptors (Lipinski definition) is 9. The number of benzene rings is 2. The van der Waals surface area contributed by atoms with Crippen LogP contribution in [0, 0.1) is 11.2 Å². The number of piperidine rings is 1. The summed E-state index contributed by atoms with van der Waals surface area (Å²) in [6.45, 7) is 6.40. The summed E-state index contributed by atoms with van der Waals surface area (Å²) in [7, 11) is 1.52. The van der Waals surface area contributed by atoms with E-state index in [1.807, 2.05) is 0 Å². The lowest BCUT2D eigenvalue weighted by molar-refractivity contribution is -0.0717. The lowest BCUT2D eigenvalue weighted by atomic mass is 9.97. The van der Waals surface area contributed by atoms with Crippen LogP contribution in [0.15, 0.2) is 48.4 Å². The second-order valence-corrected chi connectivity index (χ2v) is 11.9. The van der Waals surface area contributed by atoms with Crippen LogP contribution in [0.25, 0.3) is 49.7 Å². The van der Waals surface area contributed by atoms with Crippen LogP contribution in [-0.2, 0) is 4.74 Å². The molecule has 2 aliphatic rings. The fourth-order valence-corrected chi connectivity index (χ4v) is 6.57. The van der Waals surface area contributed by atoms with Crippen molar-refractivity contribution < 1.29 is 23.8 Å². The number of likely N-dealkylation sites (tertiary alicyclic amines) is 1. The van der Waals surface area contributed by atoms with Crippen molar-refractivity contribution >= 4 is 50.0 Å². The molecule has 12 heteroatoms. The van der Waals surface area contributed by atoms with Gasteiger partial charge in [-0.3, -0.25) is 14.7 Å². The monoisotopic (exact) mass is 623 g/mol. The number of allylic oxidation sites excluding steroid dienone is 2. The van der Waals surface area contributed by atoms with Crippen molar-refractivity contribution in [3.63, 3.8) is 0 Å². The van der Waals surface area contributed by atoms with Crippen molar-refractivity contribution in [3.05, 3.63) is 65.6 Å². The fraction of sp³-hybridized carbons (Fsp3) is 0.324. The van der Waals surface area contributed by atoms with Gasteiger partial charge in [0.15, 0.2) is 0 Å². The summed E-state index contributed by atoms with van der Waals surface area (Å²) < 4.78 is 25.6. The zero-order valence-electron chi connectivity index (χ0n) is 25.8. The van der Waals surface area contributed by atoms with E-state index in [0.29, 0.717) is 67.0 Å². The fourth-order valence-electron chi connectivity index (χ4n) is 6.57. The third-order valence-electron chi connectivity index (χ3n) is 8.94. The molecule has 0 atom stereocenters. The molecule has 7 rings (SSSR count). The second-order valence-electron chi connectivity index (χ2n) is 11.9. The average molecular weight is 624 g/mol. The molecule has 2 aromatic carbocycles. The van der Waals surface area contributed by atoms with E-state index in [1.165, 1.54) is 26.2 Å². The largest absolute Gasteiger partial charge is 0.512 e. The third-order valence-corrected chi connectivity index (χ3v) is 8.94. The van der Waals surface area contributed by atoms with Gasteiger partial charge in [0.25, 0.3) is 5.91 Å². The minimum Gasteiger partial charge on any atom is -0.512 e. The Hall–Kier alpha value is -4.94. The number of pyridine rings is 1. The number of aliphatic hydroxyl groups is 1. The summed E-state index contributed by atoms with van der Waals surface area (Å²) in [4.78, 5) is 33.4. The third kappa shape index (κ3) is 5.23. The van der Waals surface area contributed by atoms with Gasteiger partial charge in [0.1, 0.15) is 17.2 Å². The summed E-state index contributed by atoms with van der Waals surface area (Å²) in [6.07, 6.45) is 3.26. The van der Waals surface area contributed by atoms with Gasteiger partial charge in [-0.15, -0.1) is 0 Å². The first-order valence-electron chi connectivity index (χ1n) is 15.3. The number of nitrogens with zero attached hydrogens (tertiary/aromatic N) is 4. The predicted octanol–water partition coefficient (Wildman–Crippen LogP) is 5.40. The highest BCUT2D eigenvalue weighted by molar-refractivity contribution is 6.24. The van der Waals surface area contributed by atoms with E-state index in [1.54, 1.807) is 37.4 Å². The topological polar surface area (TPSA) is 149 Å². The summed E-state index contributed by atoms with van der Waals surface area (Å²) >= 11 is 0. The minimum absolute atomic E-state index is 0.0143. The SMILES string of the molecule is COc1cc2c(cc1/C(C(C)=N)=C(\C)O)[nH]c1nc(C(=O)NC3CCN(C4COC4)CC3)nc(-c3ccnc4ccc(F)cc34)c12. The first kappa shape index (κ1) is 29.8. The number of ether oxygens (including phenoxy) is 2. The Bertz CT molecular complexity index is 2060. The van der Waals surface area contributed by atoms with Crippen molar-refractivity contribution in [2.75, 3.05) is 33.4 Å². The molecule has 1 amide bonds. The lowest BCUT2D eigenvalue weighted by Crippen LogP contribution is -2.54. The van der Waals surface area contributed by atoms with Gasteiger partial charge in [-0.2, -0.15) is 0 Å². The van der Waals surface area contributed by atoms with Gasteiger partial charge in [-0.25, -0.2) is 14.4 Å². The number of carbonyl (C=O) groups is 1. The smallest absolute Gasteiger partial charge is 0.289 e. The molecule has 46 heavy (non-hydrogen) atoms. The molecule has 0 unspecified atom stereocenters. The Morgan fingerprint density at radius 3 is 2.59 bits per heavy atom. The number of aromatic nitrogens is 4. The molecule has 0 bridgehead atoms. The van der Waals surface area contributed by atoms with Gasteiger partial charge in [0, 0.05) is 64.0 Å². The summed E-state index contributed by atoms with van der Waals surface area (Å²) in [5, 5.41) is 23.7. The lowest BCUT2D eigenvalue weighted by Gasteiger charge is -2.41. The molecule has 236 valence electrons. The van der Waals surface area contributed by atoms with Gasteiger partial charge < -0.3 is 30.3 Å². The van der Waals surface area contributed by atoms with Gasteiger partial charge in [-0.05, 0) is 63.1 Å². The number of methoxy groups -OCH3 is 1. The van der Waals surface area contributed by atoms with Crippen LogP contribution in [-0.4, -0.2) is 87.1 Å². The van der Waals surface area contributed by atoms with Crippen molar-refractivity contribution in [1.29, 1.82) is 5.41 Å². The highest BCUT2D eigenvalue weighted by atomic mass is 19.1. The van der Waals surface area contributed by atoms with Gasteiger partial charge in [-0.1, -0.05) is 0 Å². The molecular formula is C34H34FN7O4. The van der Waals surface area contributed by atoms with E-state index in [0.717, 1.165) is 39.1 Å². The molecular weight excluding hydrogens is 589 g/mol. The van der Waals surface area contributed by atoms with Crippen molar-refractivity contribution in [2.45, 2.75) is 38.8 Å². The quantitative estimate of drug-likeness (QED) is 0.139. The number of hydrogen-bond donors (Lipinski definition) is 4. The normalized spacial score (nSPS) is 16.9. The molecule has 0 aliphatic carbocycles. The van der Waals surface area contributed by atoms with E-state index < -0.39 is 11.7 Å². The van der Waals surface area contributed by atoms with Crippen LogP contribution < -0.4 is 10.1 Å². The van der Waals surface area contributed by atoms with Gasteiger partial charge in [0.2, 0.25) is 5.82 Å². The molecule has 0 saturated carbocycles. The molecule has 0 radical (unpaired) electrons. The Balaban J connectivity index is 1.38. The predicted molar refractivity (Wildman–Crippen MR) is 174 cm³/mol. The molecule has 5 aromatic rings. The summed E-state index contributed by atoms with van der Waals surface area (Å²) in [5.74, 6) is -0.412. The number of aliphatic hydroxyl groups excluding tert-OH is 1. The van der Waals surface area contributed by atoms with Gasteiger partial charge >= 0.3 is 0 Å². The van der Waals surface area contributed by atoms with E-state index in [4.69, 9.17) is 19.9 Å². The number of nitrogens with one attached hydrogen (secondary N) is 3. The van der Waals surface area contributed by atoms with E-state index in [2.05, 4.69) is 25.2 Å². The first-order valence-corrected chi connectivity index (χ1v) is 15.3. The van der Waals surface area contributed by atoms with Crippen molar-refractivity contribution in [1.82, 2.24) is 30.2 Å². The molecule has 2 aliphatic heterocycles. The summed E-state index contributed by atoms with van der Waals surface area (Å²) in [5.41, 5.74) is 3.69. The Morgan fingerprint density at radius 2 is 1.91 bits per heavy atom. The van der Waals surface area contributed by atoms with E-state index in [-0.39, 0.29) is 23.3 Å². The number of halogens is 1. The van der Waals surface area contributed by atoms with Crippen LogP contribution in [0.3, 0.4) is 0 Å². The molecule has 3 aromatic heterocycles. The zero-order valence-corrected chi connectivity index (χ0v) is 25.8. The van der Waals surface area contributed by atoms with Crippen LogP contribution in [0.4, 0.5) is 4.39 Å². The number of rotatable bonds is 7. The zero-order chi connectivity index (χ0) is 32.1. The molecule has 4 N–H and O–H groups in total. The van der Waals surface area contributed by atoms with Crippen LogP contribution in [0.1, 0.15) is 42.9 Å². The standard InChI is InChI=1S/C34H34FN7O4/c1-17(36)29(18(2)43)25-13-27-24(14-28(25)45-3)30-31(22-6-9-37-26-5-4-19(35)12-23(22)26)40-33(41-32(30)39-27)34(44)38-20-7-10-42(11-8-20)21-15-46-16-21/h4-6,9,12-14,20-21,36,43H,7-8,10-11,15-16H2,1-3H3,(H,38,44)(H,39,40,41)/b29-18+,36-17?. The van der Waals surface area contributed by atoms with E-state index >= 15 is 0 Å². The number of aromatic amines is 1. The van der Waals surface area contributed by atoms with Gasteiger partial charge in [0.05, 0.1) is 48.7 Å². The van der Waals surface area contributed by atoms with Crippen molar-refractivity contribution in [2.24, 2.45) is 0 Å². The molecule has 0 spiro atoms. The first-order chi connectivity index (χ1) is 22.2. The highest BCUT2D eigenvalue weighted by Crippen LogP contribution is 2.40. The maximum Gasteiger partial charge on any atom is 0.289 e. The molecule has 2 saturated heterocycles. The second kappa shape index (κ2) is 11.8. The number of H-pyrrole nitrogens is 1. The Labute approximate surface area is 264 Å². The number of amides is 1. The Morgan fingerprint density at radius 1 is 1.13 bits per heavy atom. The highest BCUT2D eigenvalue weighted by Gasteiger charge is 2.31. The average Bonchev–Trinajstić information content (AvgIpc) is 3.37. The maximum atomic E-state index is 14.6. The number of fused-ring (bicyclic) bond motifs is 4. The molecule has 2 fully saturated rings. The van der Waals surface area contributed by atoms with Crippen LogP contribution in [0.5, 0.6) is 5.75 Å². The minimum atomic E-state index is -0.421. The maximum absolute atomic E-state index is 14.6. The van der Waals surface area contributed by atoms with E-state index in [9.17, 15) is 14.3 Å². The molecule has 11 nitrogen and oxygen atoms in total. The molecule has 5 heterocycles. The van der Waals surface area contributed by atoms with Crippen LogP contribution >= 0.6 is 0 Å².